The lowest BCUT2D eigenvalue weighted by Crippen LogP contribution is -2.26. The number of anilines is 1. The molecule has 5 nitrogen and oxygen atoms in total. The zero-order valence-corrected chi connectivity index (χ0v) is 14.2. The Morgan fingerprint density at radius 1 is 1.30 bits per heavy atom. The molecule has 0 unspecified atom stereocenters. The van der Waals surface area contributed by atoms with Crippen molar-refractivity contribution in [1.82, 2.24) is 15.3 Å². The Morgan fingerprint density at radius 3 is 2.83 bits per heavy atom. The molecule has 1 aromatic heterocycles. The normalized spacial score (nSPS) is 10.4. The Kier molecular flexibility index (Phi) is 6.35. The number of nitrogens with one attached hydrogen (secondary N) is 1. The molecule has 0 aliphatic heterocycles. The van der Waals surface area contributed by atoms with Crippen LogP contribution in [0.4, 0.5) is 5.95 Å². The van der Waals surface area contributed by atoms with Crippen molar-refractivity contribution in [2.45, 2.75) is 26.3 Å². The van der Waals surface area contributed by atoms with Gasteiger partial charge in [0, 0.05) is 31.4 Å². The maximum atomic E-state index is 12.3. The van der Waals surface area contributed by atoms with E-state index in [1.165, 1.54) is 0 Å². The highest BCUT2D eigenvalue weighted by molar-refractivity contribution is 6.31. The standard InChI is InChI=1S/C17H21ClN4O/c1-3-4-11-22(2)17-19-10-9-15(21-17)16(23)20-12-13-7-5-6-8-14(13)18/h5-10H,3-4,11-12H2,1-2H3,(H,20,23). The second-order valence-corrected chi connectivity index (χ2v) is 5.70. The first kappa shape index (κ1) is 17.2. The number of hydrogen-bond donors (Lipinski definition) is 1. The van der Waals surface area contributed by atoms with E-state index in [1.807, 2.05) is 30.1 Å². The van der Waals surface area contributed by atoms with Crippen LogP contribution in [0.1, 0.15) is 35.8 Å². The number of amides is 1. The monoisotopic (exact) mass is 332 g/mol. The van der Waals surface area contributed by atoms with Gasteiger partial charge < -0.3 is 10.2 Å². The molecule has 1 amide bonds. The third-order valence-electron chi connectivity index (χ3n) is 3.46. The molecule has 0 spiro atoms. The minimum absolute atomic E-state index is 0.238. The molecule has 0 bridgehead atoms. The van der Waals surface area contributed by atoms with Crippen molar-refractivity contribution in [3.05, 3.63) is 52.8 Å². The number of halogens is 1. The van der Waals surface area contributed by atoms with Gasteiger partial charge in [-0.25, -0.2) is 9.97 Å². The van der Waals surface area contributed by atoms with Crippen molar-refractivity contribution in [3.8, 4) is 0 Å². The lowest BCUT2D eigenvalue weighted by atomic mass is 10.2. The Labute approximate surface area is 141 Å². The smallest absolute Gasteiger partial charge is 0.270 e. The summed E-state index contributed by atoms with van der Waals surface area (Å²) in [7, 11) is 1.93. The Hall–Kier alpha value is -2.14. The lowest BCUT2D eigenvalue weighted by molar-refractivity contribution is 0.0946. The number of benzene rings is 1. The summed E-state index contributed by atoms with van der Waals surface area (Å²) in [6, 6.07) is 9.04. The fraction of sp³-hybridized carbons (Fsp3) is 0.353. The van der Waals surface area contributed by atoms with Gasteiger partial charge >= 0.3 is 0 Å². The highest BCUT2D eigenvalue weighted by atomic mass is 35.5. The highest BCUT2D eigenvalue weighted by Crippen LogP contribution is 2.14. The molecular formula is C17H21ClN4O. The number of aromatic nitrogens is 2. The van der Waals surface area contributed by atoms with E-state index >= 15 is 0 Å². The number of carbonyl (C=O) groups is 1. The van der Waals surface area contributed by atoms with E-state index < -0.39 is 0 Å². The molecule has 122 valence electrons. The Bertz CT molecular complexity index is 663. The number of unbranched alkanes of at least 4 members (excludes halogenated alkanes) is 1. The van der Waals surface area contributed by atoms with Gasteiger partial charge in [0.1, 0.15) is 5.69 Å². The van der Waals surface area contributed by atoms with E-state index in [2.05, 4.69) is 22.2 Å². The number of hydrogen-bond acceptors (Lipinski definition) is 4. The molecule has 1 N–H and O–H groups in total. The van der Waals surface area contributed by atoms with Gasteiger partial charge in [-0.1, -0.05) is 43.1 Å². The van der Waals surface area contributed by atoms with E-state index in [4.69, 9.17) is 11.6 Å². The van der Waals surface area contributed by atoms with E-state index in [1.54, 1.807) is 18.3 Å². The van der Waals surface area contributed by atoms with E-state index in [0.717, 1.165) is 24.9 Å². The molecule has 2 rings (SSSR count). The van der Waals surface area contributed by atoms with Crippen LogP contribution in [0.25, 0.3) is 0 Å². The van der Waals surface area contributed by atoms with Gasteiger partial charge in [-0.05, 0) is 24.1 Å². The zero-order valence-electron chi connectivity index (χ0n) is 13.4. The molecule has 0 radical (unpaired) electrons. The molecule has 0 aliphatic rings. The van der Waals surface area contributed by atoms with Crippen molar-refractivity contribution in [3.63, 3.8) is 0 Å². The molecule has 1 aromatic carbocycles. The van der Waals surface area contributed by atoms with Gasteiger partial charge in [0.15, 0.2) is 0 Å². The van der Waals surface area contributed by atoms with Crippen molar-refractivity contribution in [1.29, 1.82) is 0 Å². The van der Waals surface area contributed by atoms with Crippen molar-refractivity contribution < 1.29 is 4.79 Å². The molecule has 0 saturated heterocycles. The second kappa shape index (κ2) is 8.48. The van der Waals surface area contributed by atoms with Gasteiger partial charge in [0.25, 0.3) is 5.91 Å². The topological polar surface area (TPSA) is 58.1 Å². The molecular weight excluding hydrogens is 312 g/mol. The van der Waals surface area contributed by atoms with Gasteiger partial charge in [-0.15, -0.1) is 0 Å². The summed E-state index contributed by atoms with van der Waals surface area (Å²) in [5.41, 5.74) is 1.22. The summed E-state index contributed by atoms with van der Waals surface area (Å²) in [4.78, 5) is 22.8. The van der Waals surface area contributed by atoms with Crippen LogP contribution in [-0.2, 0) is 6.54 Å². The number of carbonyl (C=O) groups excluding carboxylic acids is 1. The SMILES string of the molecule is CCCCN(C)c1nccc(C(=O)NCc2ccccc2Cl)n1. The molecule has 0 aliphatic carbocycles. The fourth-order valence-corrected chi connectivity index (χ4v) is 2.26. The van der Waals surface area contributed by atoms with E-state index in [9.17, 15) is 4.79 Å². The maximum absolute atomic E-state index is 12.3. The van der Waals surface area contributed by atoms with Gasteiger partial charge in [0.05, 0.1) is 0 Å². The summed E-state index contributed by atoms with van der Waals surface area (Å²) >= 11 is 6.09. The molecule has 6 heteroatoms. The van der Waals surface area contributed by atoms with Gasteiger partial charge in [-0.3, -0.25) is 4.79 Å². The maximum Gasteiger partial charge on any atom is 0.270 e. The molecule has 0 saturated carbocycles. The predicted molar refractivity (Wildman–Crippen MR) is 92.8 cm³/mol. The molecule has 23 heavy (non-hydrogen) atoms. The zero-order chi connectivity index (χ0) is 16.7. The minimum atomic E-state index is -0.238. The minimum Gasteiger partial charge on any atom is -0.347 e. The fourth-order valence-electron chi connectivity index (χ4n) is 2.06. The van der Waals surface area contributed by atoms with Crippen molar-refractivity contribution >= 4 is 23.5 Å². The molecule has 2 aromatic rings. The highest BCUT2D eigenvalue weighted by Gasteiger charge is 2.11. The predicted octanol–water partition coefficient (Wildman–Crippen LogP) is 3.30. The van der Waals surface area contributed by atoms with Crippen molar-refractivity contribution in [2.75, 3.05) is 18.5 Å². The van der Waals surface area contributed by atoms with Crippen LogP contribution in [0.15, 0.2) is 36.5 Å². The Balaban J connectivity index is 2.01. The quantitative estimate of drug-likeness (QED) is 0.845. The molecule has 1 heterocycles. The van der Waals surface area contributed by atoms with Crippen LogP contribution in [0, 0.1) is 0 Å². The summed E-state index contributed by atoms with van der Waals surface area (Å²) < 4.78 is 0. The molecule has 0 fully saturated rings. The average molecular weight is 333 g/mol. The summed E-state index contributed by atoms with van der Waals surface area (Å²) in [5, 5.41) is 3.47. The largest absolute Gasteiger partial charge is 0.347 e. The van der Waals surface area contributed by atoms with Crippen LogP contribution >= 0.6 is 11.6 Å². The Morgan fingerprint density at radius 2 is 2.09 bits per heavy atom. The lowest BCUT2D eigenvalue weighted by Gasteiger charge is -2.16. The first-order valence-corrected chi connectivity index (χ1v) is 8.05. The van der Waals surface area contributed by atoms with Crippen LogP contribution < -0.4 is 10.2 Å². The molecule has 0 atom stereocenters. The van der Waals surface area contributed by atoms with Crippen LogP contribution in [-0.4, -0.2) is 29.5 Å². The second-order valence-electron chi connectivity index (χ2n) is 5.29. The van der Waals surface area contributed by atoms with Crippen LogP contribution in [0.5, 0.6) is 0 Å². The van der Waals surface area contributed by atoms with Crippen molar-refractivity contribution in [2.24, 2.45) is 0 Å². The first-order chi connectivity index (χ1) is 11.1. The summed E-state index contributed by atoms with van der Waals surface area (Å²) in [6.07, 6.45) is 3.76. The van der Waals surface area contributed by atoms with Crippen LogP contribution in [0.2, 0.25) is 5.02 Å². The van der Waals surface area contributed by atoms with Crippen LogP contribution in [0.3, 0.4) is 0 Å². The van der Waals surface area contributed by atoms with E-state index in [0.29, 0.717) is 23.2 Å². The van der Waals surface area contributed by atoms with E-state index in [-0.39, 0.29) is 5.91 Å². The third-order valence-corrected chi connectivity index (χ3v) is 3.83. The number of rotatable bonds is 7. The average Bonchev–Trinajstić information content (AvgIpc) is 2.58. The van der Waals surface area contributed by atoms with Gasteiger partial charge in [-0.2, -0.15) is 0 Å². The third kappa shape index (κ3) is 4.93. The number of nitrogens with zero attached hydrogens (tertiary/aromatic N) is 3. The van der Waals surface area contributed by atoms with Gasteiger partial charge in [0.2, 0.25) is 5.95 Å². The summed E-state index contributed by atoms with van der Waals surface area (Å²) in [6.45, 7) is 3.36. The first-order valence-electron chi connectivity index (χ1n) is 7.67. The summed E-state index contributed by atoms with van der Waals surface area (Å²) in [5.74, 6) is 0.321.